The van der Waals surface area contributed by atoms with Crippen LogP contribution < -0.4 is 0 Å². The molecular formula is C14H14F2N2O. The van der Waals surface area contributed by atoms with E-state index in [9.17, 15) is 13.6 Å². The number of aromatic nitrogens is 2. The number of benzene rings is 1. The van der Waals surface area contributed by atoms with E-state index in [0.29, 0.717) is 6.07 Å². The summed E-state index contributed by atoms with van der Waals surface area (Å²) in [7, 11) is 0. The van der Waals surface area contributed by atoms with Gasteiger partial charge in [0.1, 0.15) is 17.5 Å². The minimum Gasteiger partial charge on any atom is -0.327 e. The van der Waals surface area contributed by atoms with Crippen LogP contribution in [0.3, 0.4) is 0 Å². The van der Waals surface area contributed by atoms with Gasteiger partial charge in [-0.25, -0.2) is 13.8 Å². The summed E-state index contributed by atoms with van der Waals surface area (Å²) in [4.78, 5) is 16.1. The molecule has 3 nitrogen and oxygen atoms in total. The van der Waals surface area contributed by atoms with E-state index in [1.54, 1.807) is 17.0 Å². The average Bonchev–Trinajstić information content (AvgIpc) is 2.77. The quantitative estimate of drug-likeness (QED) is 0.778. The molecule has 0 N–H and O–H groups in total. The van der Waals surface area contributed by atoms with Gasteiger partial charge in [-0.1, -0.05) is 6.92 Å². The SMILES string of the molecule is CCCc1nccn1CC(=O)c1ccc(F)cc1F. The van der Waals surface area contributed by atoms with Crippen LogP contribution in [0.2, 0.25) is 0 Å². The van der Waals surface area contributed by atoms with Gasteiger partial charge in [-0.3, -0.25) is 4.79 Å². The molecule has 1 aromatic carbocycles. The summed E-state index contributed by atoms with van der Waals surface area (Å²) >= 11 is 0. The maximum absolute atomic E-state index is 13.5. The van der Waals surface area contributed by atoms with Crippen molar-refractivity contribution in [2.24, 2.45) is 0 Å². The normalized spacial score (nSPS) is 10.7. The van der Waals surface area contributed by atoms with Gasteiger partial charge in [0, 0.05) is 24.9 Å². The van der Waals surface area contributed by atoms with Crippen molar-refractivity contribution in [1.29, 1.82) is 0 Å². The topological polar surface area (TPSA) is 34.9 Å². The maximum atomic E-state index is 13.5. The minimum absolute atomic E-state index is 0.0118. The molecule has 0 saturated heterocycles. The summed E-state index contributed by atoms with van der Waals surface area (Å²) in [6.45, 7) is 2.03. The molecule has 1 aromatic heterocycles. The highest BCUT2D eigenvalue weighted by Crippen LogP contribution is 2.12. The molecule has 0 unspecified atom stereocenters. The third-order valence-electron chi connectivity index (χ3n) is 2.82. The Morgan fingerprint density at radius 3 is 2.84 bits per heavy atom. The Bertz CT molecular complexity index is 593. The highest BCUT2D eigenvalue weighted by atomic mass is 19.1. The van der Waals surface area contributed by atoms with Crippen molar-refractivity contribution in [3.05, 3.63) is 53.6 Å². The van der Waals surface area contributed by atoms with E-state index in [0.717, 1.165) is 24.7 Å². The zero-order valence-electron chi connectivity index (χ0n) is 10.6. The lowest BCUT2D eigenvalue weighted by molar-refractivity contribution is 0.0967. The fourth-order valence-electron chi connectivity index (χ4n) is 1.89. The summed E-state index contributed by atoms with van der Waals surface area (Å²) in [5.74, 6) is -1.13. The van der Waals surface area contributed by atoms with Gasteiger partial charge < -0.3 is 4.57 Å². The van der Waals surface area contributed by atoms with Gasteiger partial charge >= 0.3 is 0 Å². The molecule has 100 valence electrons. The highest BCUT2D eigenvalue weighted by molar-refractivity contribution is 5.96. The van der Waals surface area contributed by atoms with E-state index >= 15 is 0 Å². The molecule has 0 spiro atoms. The van der Waals surface area contributed by atoms with Crippen LogP contribution in [0, 0.1) is 11.6 Å². The Hall–Kier alpha value is -2.04. The number of ketones is 1. The largest absolute Gasteiger partial charge is 0.327 e. The lowest BCUT2D eigenvalue weighted by Crippen LogP contribution is -2.14. The Morgan fingerprint density at radius 1 is 1.37 bits per heavy atom. The minimum atomic E-state index is -0.831. The molecule has 19 heavy (non-hydrogen) atoms. The number of Topliss-reactive ketones (excluding diaryl/α,β-unsaturated/α-hetero) is 1. The molecule has 0 fully saturated rings. The lowest BCUT2D eigenvalue weighted by atomic mass is 10.1. The van der Waals surface area contributed by atoms with Crippen molar-refractivity contribution >= 4 is 5.78 Å². The average molecular weight is 264 g/mol. The van der Waals surface area contributed by atoms with E-state index < -0.39 is 17.4 Å². The first-order valence-electron chi connectivity index (χ1n) is 6.10. The van der Waals surface area contributed by atoms with Gasteiger partial charge in [0.25, 0.3) is 0 Å². The summed E-state index contributed by atoms with van der Waals surface area (Å²) in [6, 6.07) is 2.97. The van der Waals surface area contributed by atoms with Gasteiger partial charge in [0.15, 0.2) is 5.78 Å². The molecule has 0 aliphatic rings. The van der Waals surface area contributed by atoms with Gasteiger partial charge in [-0.2, -0.15) is 0 Å². The van der Waals surface area contributed by atoms with Crippen molar-refractivity contribution in [1.82, 2.24) is 9.55 Å². The van der Waals surface area contributed by atoms with Gasteiger partial charge in [-0.15, -0.1) is 0 Å². The molecule has 0 atom stereocenters. The van der Waals surface area contributed by atoms with Crippen molar-refractivity contribution in [3.8, 4) is 0 Å². The number of rotatable bonds is 5. The van der Waals surface area contributed by atoms with Crippen LogP contribution in [0.5, 0.6) is 0 Å². The van der Waals surface area contributed by atoms with E-state index in [2.05, 4.69) is 4.98 Å². The smallest absolute Gasteiger partial charge is 0.185 e. The van der Waals surface area contributed by atoms with Gasteiger partial charge in [0.2, 0.25) is 0 Å². The summed E-state index contributed by atoms with van der Waals surface area (Å²) < 4.78 is 28.0. The summed E-state index contributed by atoms with van der Waals surface area (Å²) in [6.07, 6.45) is 4.96. The fourth-order valence-corrected chi connectivity index (χ4v) is 1.89. The molecule has 0 aliphatic carbocycles. The molecule has 2 rings (SSSR count). The molecule has 1 heterocycles. The van der Waals surface area contributed by atoms with Gasteiger partial charge in [-0.05, 0) is 18.6 Å². The number of aryl methyl sites for hydroxylation is 1. The summed E-state index contributed by atoms with van der Waals surface area (Å²) in [5, 5.41) is 0. The van der Waals surface area contributed by atoms with Crippen molar-refractivity contribution in [2.75, 3.05) is 0 Å². The number of hydrogen-bond donors (Lipinski definition) is 0. The monoisotopic (exact) mass is 264 g/mol. The predicted molar refractivity (Wildman–Crippen MR) is 66.9 cm³/mol. The van der Waals surface area contributed by atoms with E-state index in [1.807, 2.05) is 6.92 Å². The van der Waals surface area contributed by atoms with Crippen LogP contribution in [0.15, 0.2) is 30.6 Å². The Morgan fingerprint density at radius 2 is 2.16 bits per heavy atom. The van der Waals surface area contributed by atoms with E-state index in [-0.39, 0.29) is 12.1 Å². The second-order valence-electron chi connectivity index (χ2n) is 4.27. The molecule has 0 aliphatic heterocycles. The van der Waals surface area contributed by atoms with Gasteiger partial charge in [0.05, 0.1) is 12.1 Å². The van der Waals surface area contributed by atoms with Crippen molar-refractivity contribution in [2.45, 2.75) is 26.3 Å². The van der Waals surface area contributed by atoms with Crippen LogP contribution >= 0.6 is 0 Å². The van der Waals surface area contributed by atoms with Crippen LogP contribution in [-0.2, 0) is 13.0 Å². The molecule has 2 aromatic rings. The molecule has 0 bridgehead atoms. The summed E-state index contributed by atoms with van der Waals surface area (Å²) in [5.41, 5.74) is -0.0995. The first-order chi connectivity index (χ1) is 9.11. The lowest BCUT2D eigenvalue weighted by Gasteiger charge is -2.07. The molecule has 0 amide bonds. The molecular weight excluding hydrogens is 250 g/mol. The third-order valence-corrected chi connectivity index (χ3v) is 2.82. The van der Waals surface area contributed by atoms with E-state index in [1.165, 1.54) is 6.07 Å². The Balaban J connectivity index is 2.18. The number of carbonyl (C=O) groups is 1. The van der Waals surface area contributed by atoms with Crippen molar-refractivity contribution < 1.29 is 13.6 Å². The fraction of sp³-hybridized carbons (Fsp3) is 0.286. The van der Waals surface area contributed by atoms with Crippen LogP contribution in [0.1, 0.15) is 29.5 Å². The molecule has 0 saturated carbocycles. The zero-order valence-corrected chi connectivity index (χ0v) is 10.6. The molecule has 0 radical (unpaired) electrons. The van der Waals surface area contributed by atoms with E-state index in [4.69, 9.17) is 0 Å². The number of nitrogens with zero attached hydrogens (tertiary/aromatic N) is 2. The third kappa shape index (κ3) is 3.05. The number of imidazole rings is 1. The first-order valence-corrected chi connectivity index (χ1v) is 6.10. The first kappa shape index (κ1) is 13.4. The number of hydrogen-bond acceptors (Lipinski definition) is 2. The Labute approximate surface area is 109 Å². The molecule has 5 heteroatoms. The number of carbonyl (C=O) groups excluding carboxylic acids is 1. The predicted octanol–water partition coefficient (Wildman–Crippen LogP) is 3.00. The van der Waals surface area contributed by atoms with Crippen molar-refractivity contribution in [3.63, 3.8) is 0 Å². The van der Waals surface area contributed by atoms with Crippen LogP contribution in [-0.4, -0.2) is 15.3 Å². The Kier molecular flexibility index (Phi) is 4.04. The maximum Gasteiger partial charge on any atom is 0.185 e. The van der Waals surface area contributed by atoms with Crippen LogP contribution in [0.25, 0.3) is 0 Å². The highest BCUT2D eigenvalue weighted by Gasteiger charge is 2.14. The number of halogens is 2. The second kappa shape index (κ2) is 5.73. The second-order valence-corrected chi connectivity index (χ2v) is 4.27. The van der Waals surface area contributed by atoms with Crippen LogP contribution in [0.4, 0.5) is 8.78 Å². The standard InChI is InChI=1S/C14H14F2N2O/c1-2-3-14-17-6-7-18(14)9-13(19)11-5-4-10(15)8-12(11)16/h4-8H,2-3,9H2,1H3. The zero-order chi connectivity index (χ0) is 13.8.